The monoisotopic (exact) mass is 458 g/mol. The number of carbonyl (C=O) groups excluding carboxylic acids is 4. The number of halogens is 1. The molecule has 168 valence electrons. The smallest absolute Gasteiger partial charge is 0.325 e. The first-order valence-electron chi connectivity index (χ1n) is 9.72. The summed E-state index contributed by atoms with van der Waals surface area (Å²) in [6.07, 6.45) is 0. The van der Waals surface area contributed by atoms with Crippen LogP contribution in [0.2, 0.25) is 5.02 Å². The van der Waals surface area contributed by atoms with Gasteiger partial charge in [0.25, 0.3) is 5.91 Å². The molecule has 0 spiro atoms. The zero-order valence-electron chi connectivity index (χ0n) is 17.8. The van der Waals surface area contributed by atoms with E-state index in [1.807, 2.05) is 0 Å². The van der Waals surface area contributed by atoms with Crippen LogP contribution in [-0.2, 0) is 19.9 Å². The molecule has 32 heavy (non-hydrogen) atoms. The summed E-state index contributed by atoms with van der Waals surface area (Å²) in [5.74, 6) is -0.929. The lowest BCUT2D eigenvalue weighted by molar-refractivity contribution is -0.139. The molecule has 0 aliphatic carbocycles. The van der Waals surface area contributed by atoms with Gasteiger partial charge >= 0.3 is 6.03 Å². The number of likely N-dealkylation sites (N-methyl/N-ethyl adjacent to an activating group) is 1. The summed E-state index contributed by atoms with van der Waals surface area (Å²) in [4.78, 5) is 52.2. The van der Waals surface area contributed by atoms with Crippen molar-refractivity contribution in [2.24, 2.45) is 0 Å². The van der Waals surface area contributed by atoms with Crippen LogP contribution in [0.4, 0.5) is 10.5 Å². The third kappa shape index (κ3) is 4.83. The Labute approximate surface area is 190 Å². The Balaban J connectivity index is 1.62. The van der Waals surface area contributed by atoms with Gasteiger partial charge in [-0.3, -0.25) is 19.3 Å². The highest BCUT2D eigenvalue weighted by atomic mass is 35.5. The van der Waals surface area contributed by atoms with Gasteiger partial charge in [0, 0.05) is 17.8 Å². The first-order chi connectivity index (χ1) is 15.1. The molecule has 2 N–H and O–H groups in total. The Morgan fingerprint density at radius 1 is 1.12 bits per heavy atom. The lowest BCUT2D eigenvalue weighted by Crippen LogP contribution is -2.45. The Morgan fingerprint density at radius 2 is 1.75 bits per heavy atom. The number of rotatable bonds is 7. The molecule has 1 heterocycles. The Hall–Kier alpha value is -3.59. The molecule has 10 heteroatoms. The van der Waals surface area contributed by atoms with Crippen LogP contribution >= 0.6 is 11.6 Å². The topological polar surface area (TPSA) is 108 Å². The Bertz CT molecular complexity index is 1040. The third-order valence-corrected chi connectivity index (χ3v) is 5.42. The molecule has 2 aromatic rings. The van der Waals surface area contributed by atoms with Crippen LogP contribution in [0, 0.1) is 0 Å². The highest BCUT2D eigenvalue weighted by Gasteiger charge is 2.49. The van der Waals surface area contributed by atoms with Gasteiger partial charge in [0.15, 0.2) is 0 Å². The summed E-state index contributed by atoms with van der Waals surface area (Å²) in [6.45, 7) is 0.838. The number of hydrogen-bond acceptors (Lipinski definition) is 5. The van der Waals surface area contributed by atoms with Gasteiger partial charge in [-0.15, -0.1) is 0 Å². The van der Waals surface area contributed by atoms with E-state index in [0.717, 1.165) is 9.80 Å². The quantitative estimate of drug-likeness (QED) is 0.618. The Kier molecular flexibility index (Phi) is 6.69. The predicted molar refractivity (Wildman–Crippen MR) is 118 cm³/mol. The van der Waals surface area contributed by atoms with Crippen molar-refractivity contribution in [1.29, 1.82) is 0 Å². The van der Waals surface area contributed by atoms with Gasteiger partial charge in [-0.2, -0.15) is 0 Å². The van der Waals surface area contributed by atoms with Gasteiger partial charge in [0.1, 0.15) is 17.8 Å². The average Bonchev–Trinajstić information content (AvgIpc) is 2.99. The van der Waals surface area contributed by atoms with Gasteiger partial charge in [0.05, 0.1) is 13.7 Å². The van der Waals surface area contributed by atoms with Crippen molar-refractivity contribution in [2.45, 2.75) is 12.5 Å². The van der Waals surface area contributed by atoms with E-state index in [0.29, 0.717) is 22.0 Å². The third-order valence-electron chi connectivity index (χ3n) is 5.17. The molecule has 9 nitrogen and oxygen atoms in total. The fraction of sp³-hybridized carbons (Fsp3) is 0.273. The molecule has 1 unspecified atom stereocenters. The van der Waals surface area contributed by atoms with E-state index in [-0.39, 0.29) is 6.54 Å². The van der Waals surface area contributed by atoms with Crippen LogP contribution in [0.25, 0.3) is 0 Å². The van der Waals surface area contributed by atoms with E-state index >= 15 is 0 Å². The zero-order chi connectivity index (χ0) is 23.5. The van der Waals surface area contributed by atoms with Crippen molar-refractivity contribution < 1.29 is 23.9 Å². The second-order valence-corrected chi connectivity index (χ2v) is 7.92. The van der Waals surface area contributed by atoms with E-state index < -0.39 is 35.8 Å². The number of ether oxygens (including phenoxy) is 1. The summed E-state index contributed by atoms with van der Waals surface area (Å²) in [5, 5.41) is 5.82. The molecule has 0 saturated carbocycles. The molecular weight excluding hydrogens is 436 g/mol. The van der Waals surface area contributed by atoms with E-state index in [9.17, 15) is 19.2 Å². The van der Waals surface area contributed by atoms with E-state index in [1.165, 1.54) is 14.2 Å². The molecule has 0 bridgehead atoms. The minimum absolute atomic E-state index is 0.249. The van der Waals surface area contributed by atoms with Gasteiger partial charge < -0.3 is 20.3 Å². The summed E-state index contributed by atoms with van der Waals surface area (Å²) in [5.41, 5.74) is -0.222. The fourth-order valence-electron chi connectivity index (χ4n) is 3.25. The molecule has 0 radical (unpaired) electrons. The first kappa shape index (κ1) is 23.1. The molecule has 1 atom stereocenters. The maximum atomic E-state index is 13.0. The maximum Gasteiger partial charge on any atom is 0.325 e. The molecule has 1 saturated heterocycles. The average molecular weight is 459 g/mol. The predicted octanol–water partition coefficient (Wildman–Crippen LogP) is 2.21. The van der Waals surface area contributed by atoms with Gasteiger partial charge in [0.2, 0.25) is 11.8 Å². The second-order valence-electron chi connectivity index (χ2n) is 7.48. The summed E-state index contributed by atoms with van der Waals surface area (Å²) >= 11 is 5.82. The maximum absolute atomic E-state index is 13.0. The standard InChI is InChI=1S/C22H23ClN4O5/c1-22(14-4-10-17(32-3)11-5-14)20(30)27(21(31)25-22)13-19(29)26(2)12-18(28)24-16-8-6-15(23)7-9-16/h4-11H,12-13H2,1-3H3,(H,24,28)(H,25,31). The van der Waals surface area contributed by atoms with Crippen molar-refractivity contribution in [2.75, 3.05) is 32.6 Å². The van der Waals surface area contributed by atoms with Crippen molar-refractivity contribution in [3.63, 3.8) is 0 Å². The number of anilines is 1. The molecule has 1 aliphatic heterocycles. The largest absolute Gasteiger partial charge is 0.497 e. The van der Waals surface area contributed by atoms with E-state index in [2.05, 4.69) is 10.6 Å². The van der Waals surface area contributed by atoms with Crippen LogP contribution in [0.1, 0.15) is 12.5 Å². The molecule has 1 aliphatic rings. The number of urea groups is 1. The first-order valence-corrected chi connectivity index (χ1v) is 10.1. The van der Waals surface area contributed by atoms with Gasteiger partial charge in [-0.1, -0.05) is 23.7 Å². The fourth-order valence-corrected chi connectivity index (χ4v) is 3.38. The number of nitrogens with zero attached hydrogens (tertiary/aromatic N) is 2. The van der Waals surface area contributed by atoms with Crippen LogP contribution in [0.15, 0.2) is 48.5 Å². The molecule has 0 aromatic heterocycles. The van der Waals surface area contributed by atoms with E-state index in [4.69, 9.17) is 16.3 Å². The molecule has 1 fully saturated rings. The normalized spacial score (nSPS) is 17.7. The molecular formula is C22H23ClN4O5. The minimum Gasteiger partial charge on any atom is -0.497 e. The second kappa shape index (κ2) is 9.27. The van der Waals surface area contributed by atoms with Gasteiger partial charge in [-0.05, 0) is 48.9 Å². The minimum atomic E-state index is -1.31. The zero-order valence-corrected chi connectivity index (χ0v) is 18.6. The summed E-state index contributed by atoms with van der Waals surface area (Å²) in [7, 11) is 2.95. The molecule has 2 aromatic carbocycles. The number of benzene rings is 2. The number of amides is 5. The highest BCUT2D eigenvalue weighted by Crippen LogP contribution is 2.30. The summed E-state index contributed by atoms with van der Waals surface area (Å²) < 4.78 is 5.12. The lowest BCUT2D eigenvalue weighted by atomic mass is 9.92. The van der Waals surface area contributed by atoms with Gasteiger partial charge in [-0.25, -0.2) is 4.79 Å². The lowest BCUT2D eigenvalue weighted by Gasteiger charge is -2.23. The van der Waals surface area contributed by atoms with Crippen LogP contribution < -0.4 is 15.4 Å². The number of carbonyl (C=O) groups is 4. The Morgan fingerprint density at radius 3 is 2.34 bits per heavy atom. The van der Waals surface area contributed by atoms with Crippen molar-refractivity contribution in [3.8, 4) is 5.75 Å². The van der Waals surface area contributed by atoms with Crippen molar-refractivity contribution in [3.05, 3.63) is 59.1 Å². The molecule has 5 amide bonds. The number of imide groups is 1. The van der Waals surface area contributed by atoms with Crippen molar-refractivity contribution in [1.82, 2.24) is 15.1 Å². The highest BCUT2D eigenvalue weighted by molar-refractivity contribution is 6.30. The van der Waals surface area contributed by atoms with Crippen LogP contribution in [-0.4, -0.2) is 60.8 Å². The number of methoxy groups -OCH3 is 1. The summed E-state index contributed by atoms with van der Waals surface area (Å²) in [6, 6.07) is 12.6. The SMILES string of the molecule is COc1ccc(C2(C)NC(=O)N(CC(=O)N(C)CC(=O)Nc3ccc(Cl)cc3)C2=O)cc1. The number of nitrogens with one attached hydrogen (secondary N) is 2. The van der Waals surface area contributed by atoms with Crippen molar-refractivity contribution >= 4 is 41.0 Å². The molecule has 3 rings (SSSR count). The van der Waals surface area contributed by atoms with E-state index in [1.54, 1.807) is 55.5 Å². The van der Waals surface area contributed by atoms with Crippen LogP contribution in [0.5, 0.6) is 5.75 Å². The number of hydrogen-bond donors (Lipinski definition) is 2. The van der Waals surface area contributed by atoms with Crippen LogP contribution in [0.3, 0.4) is 0 Å².